The molecular formula is C30H30F3N3O4. The lowest BCUT2D eigenvalue weighted by molar-refractivity contribution is -0.144. The number of carbonyl (C=O) groups excluding carboxylic acids is 2. The van der Waals surface area contributed by atoms with E-state index < -0.39 is 23.6 Å². The standard InChI is InChI=1S/C30H30F3N3O4/c1-3-40-28(38)17-16-27(37)36(23-11-7-12-24(19-23)39-2)29(35)22-10-6-9-21(18-22)25(30(31,32)33)15-14-20-8-4-5-13-26(20)34/h4-13,15,18-19,35H,3,14,16-17,34H2,1-2H3. The van der Waals surface area contributed by atoms with Crippen LogP contribution in [-0.2, 0) is 20.7 Å². The average molecular weight is 554 g/mol. The molecule has 210 valence electrons. The molecule has 0 aliphatic rings. The van der Waals surface area contributed by atoms with Crippen LogP contribution in [0.4, 0.5) is 24.5 Å². The van der Waals surface area contributed by atoms with Gasteiger partial charge in [0.2, 0.25) is 5.91 Å². The van der Waals surface area contributed by atoms with Gasteiger partial charge in [0.1, 0.15) is 11.6 Å². The van der Waals surface area contributed by atoms with Crippen LogP contribution in [0.15, 0.2) is 78.9 Å². The molecule has 0 aromatic heterocycles. The van der Waals surface area contributed by atoms with Crippen molar-refractivity contribution < 1.29 is 32.2 Å². The molecule has 0 saturated carbocycles. The summed E-state index contributed by atoms with van der Waals surface area (Å²) in [6, 6.07) is 18.3. The molecule has 0 aliphatic carbocycles. The van der Waals surface area contributed by atoms with Crippen LogP contribution in [0.3, 0.4) is 0 Å². The normalized spacial score (nSPS) is 11.6. The molecule has 0 unspecified atom stereocenters. The van der Waals surface area contributed by atoms with Crippen molar-refractivity contribution in [2.24, 2.45) is 0 Å². The summed E-state index contributed by atoms with van der Waals surface area (Å²) in [5.74, 6) is -1.14. The number of halogens is 3. The number of amides is 1. The maximum atomic E-state index is 14.1. The molecule has 0 aliphatic heterocycles. The summed E-state index contributed by atoms with van der Waals surface area (Å²) in [5.41, 5.74) is 6.09. The Balaban J connectivity index is 2.00. The number of allylic oxidation sites excluding steroid dienone is 2. The molecule has 0 bridgehead atoms. The summed E-state index contributed by atoms with van der Waals surface area (Å²) in [6.07, 6.45) is -4.18. The summed E-state index contributed by atoms with van der Waals surface area (Å²) in [5, 5.41) is 8.84. The van der Waals surface area contributed by atoms with E-state index in [4.69, 9.17) is 20.6 Å². The average Bonchev–Trinajstić information content (AvgIpc) is 2.93. The molecule has 7 nitrogen and oxygen atoms in total. The lowest BCUT2D eigenvalue weighted by Gasteiger charge is -2.24. The molecule has 0 fully saturated rings. The zero-order valence-corrected chi connectivity index (χ0v) is 22.1. The summed E-state index contributed by atoms with van der Waals surface area (Å²) in [4.78, 5) is 26.2. The lowest BCUT2D eigenvalue weighted by atomic mass is 9.99. The van der Waals surface area contributed by atoms with Gasteiger partial charge in [-0.2, -0.15) is 13.2 Å². The number of methoxy groups -OCH3 is 1. The minimum Gasteiger partial charge on any atom is -0.497 e. The van der Waals surface area contributed by atoms with Crippen molar-refractivity contribution in [1.82, 2.24) is 0 Å². The number of nitrogens with two attached hydrogens (primary N) is 1. The van der Waals surface area contributed by atoms with Gasteiger partial charge >= 0.3 is 12.1 Å². The Bertz CT molecular complexity index is 1400. The first-order valence-corrected chi connectivity index (χ1v) is 12.5. The Morgan fingerprint density at radius 3 is 2.35 bits per heavy atom. The number of para-hydroxylation sites is 1. The zero-order valence-electron chi connectivity index (χ0n) is 22.1. The van der Waals surface area contributed by atoms with E-state index in [1.54, 1.807) is 49.4 Å². The Morgan fingerprint density at radius 2 is 1.68 bits per heavy atom. The number of nitrogens with zero attached hydrogens (tertiary/aromatic N) is 1. The van der Waals surface area contributed by atoms with E-state index in [2.05, 4.69) is 0 Å². The van der Waals surface area contributed by atoms with Crippen LogP contribution in [0.25, 0.3) is 5.57 Å². The highest BCUT2D eigenvalue weighted by Gasteiger charge is 2.35. The SMILES string of the molecule is CCOC(=O)CCC(=O)N(C(=N)c1cccc(C(=CCc2ccccc2N)C(F)(F)F)c1)c1cccc(OC)c1. The number of esters is 1. The van der Waals surface area contributed by atoms with Crippen molar-refractivity contribution in [1.29, 1.82) is 5.41 Å². The van der Waals surface area contributed by atoms with Gasteiger partial charge in [-0.1, -0.05) is 48.5 Å². The predicted molar refractivity (Wildman–Crippen MR) is 148 cm³/mol. The summed E-state index contributed by atoms with van der Waals surface area (Å²) >= 11 is 0. The lowest BCUT2D eigenvalue weighted by Crippen LogP contribution is -2.37. The number of carbonyl (C=O) groups is 2. The monoisotopic (exact) mass is 553 g/mol. The first kappa shape index (κ1) is 29.9. The van der Waals surface area contributed by atoms with E-state index in [1.807, 2.05) is 0 Å². The minimum absolute atomic E-state index is 0.0501. The Hall–Kier alpha value is -4.60. The number of anilines is 2. The molecule has 0 saturated heterocycles. The molecule has 0 radical (unpaired) electrons. The molecule has 3 aromatic carbocycles. The minimum atomic E-state index is -4.69. The van der Waals surface area contributed by atoms with Crippen LogP contribution in [-0.4, -0.2) is 37.6 Å². The fourth-order valence-electron chi connectivity index (χ4n) is 3.99. The third kappa shape index (κ3) is 7.72. The molecule has 3 rings (SSSR count). The van der Waals surface area contributed by atoms with E-state index in [0.717, 1.165) is 11.0 Å². The van der Waals surface area contributed by atoms with Crippen LogP contribution in [0.1, 0.15) is 36.5 Å². The fourth-order valence-corrected chi connectivity index (χ4v) is 3.99. The number of nitrogen functional groups attached to an aromatic ring is 1. The van der Waals surface area contributed by atoms with Crippen LogP contribution >= 0.6 is 0 Å². The van der Waals surface area contributed by atoms with Crippen molar-refractivity contribution in [2.75, 3.05) is 24.4 Å². The van der Waals surface area contributed by atoms with E-state index in [0.29, 0.717) is 17.0 Å². The quantitative estimate of drug-likeness (QED) is 0.135. The number of rotatable bonds is 10. The number of benzene rings is 3. The third-order valence-electron chi connectivity index (χ3n) is 5.97. The molecule has 0 atom stereocenters. The van der Waals surface area contributed by atoms with E-state index in [1.165, 1.54) is 37.4 Å². The van der Waals surface area contributed by atoms with Gasteiger partial charge in [-0.25, -0.2) is 0 Å². The van der Waals surface area contributed by atoms with Gasteiger partial charge < -0.3 is 15.2 Å². The summed E-state index contributed by atoms with van der Waals surface area (Å²) in [7, 11) is 1.44. The molecule has 10 heteroatoms. The van der Waals surface area contributed by atoms with Crippen molar-refractivity contribution >= 4 is 34.7 Å². The second-order valence-corrected chi connectivity index (χ2v) is 8.68. The summed E-state index contributed by atoms with van der Waals surface area (Å²) in [6.45, 7) is 1.80. The van der Waals surface area contributed by atoms with E-state index in [-0.39, 0.29) is 48.5 Å². The largest absolute Gasteiger partial charge is 0.497 e. The molecule has 0 spiro atoms. The first-order valence-electron chi connectivity index (χ1n) is 12.5. The van der Waals surface area contributed by atoms with Gasteiger partial charge in [-0.15, -0.1) is 0 Å². The van der Waals surface area contributed by atoms with Crippen molar-refractivity contribution in [2.45, 2.75) is 32.4 Å². The fraction of sp³-hybridized carbons (Fsp3) is 0.233. The topological polar surface area (TPSA) is 106 Å². The van der Waals surface area contributed by atoms with Crippen LogP contribution in [0, 0.1) is 5.41 Å². The van der Waals surface area contributed by atoms with Crippen molar-refractivity contribution in [3.63, 3.8) is 0 Å². The molecule has 0 heterocycles. The number of hydrogen-bond donors (Lipinski definition) is 2. The second-order valence-electron chi connectivity index (χ2n) is 8.68. The Morgan fingerprint density at radius 1 is 0.975 bits per heavy atom. The second kappa shape index (κ2) is 13.5. The van der Waals surface area contributed by atoms with Crippen LogP contribution < -0.4 is 15.4 Å². The number of amidine groups is 1. The van der Waals surface area contributed by atoms with E-state index >= 15 is 0 Å². The molecular weight excluding hydrogens is 523 g/mol. The number of ether oxygens (including phenoxy) is 2. The van der Waals surface area contributed by atoms with Gasteiger partial charge in [-0.05, 0) is 48.7 Å². The van der Waals surface area contributed by atoms with Crippen molar-refractivity contribution in [3.05, 3.63) is 95.6 Å². The molecule has 3 N–H and O–H groups in total. The first-order chi connectivity index (χ1) is 19.0. The Labute approximate surface area is 230 Å². The molecule has 3 aromatic rings. The van der Waals surface area contributed by atoms with E-state index in [9.17, 15) is 22.8 Å². The van der Waals surface area contributed by atoms with Gasteiger partial charge in [0.05, 0.1) is 31.4 Å². The highest BCUT2D eigenvalue weighted by Crippen LogP contribution is 2.35. The highest BCUT2D eigenvalue weighted by atomic mass is 19.4. The van der Waals surface area contributed by atoms with Crippen molar-refractivity contribution in [3.8, 4) is 5.75 Å². The van der Waals surface area contributed by atoms with Crippen LogP contribution in [0.2, 0.25) is 0 Å². The predicted octanol–water partition coefficient (Wildman–Crippen LogP) is 6.17. The number of hydrogen-bond acceptors (Lipinski definition) is 6. The number of nitrogens with one attached hydrogen (secondary N) is 1. The van der Waals surface area contributed by atoms with Gasteiger partial charge in [-0.3, -0.25) is 19.9 Å². The number of alkyl halides is 3. The third-order valence-corrected chi connectivity index (χ3v) is 5.97. The Kier molecular flexibility index (Phi) is 10.1. The smallest absolute Gasteiger partial charge is 0.416 e. The summed E-state index contributed by atoms with van der Waals surface area (Å²) < 4.78 is 52.5. The maximum Gasteiger partial charge on any atom is 0.416 e. The van der Waals surface area contributed by atoms with Gasteiger partial charge in [0.25, 0.3) is 0 Å². The molecule has 1 amide bonds. The molecule has 40 heavy (non-hydrogen) atoms. The maximum absolute atomic E-state index is 14.1. The highest BCUT2D eigenvalue weighted by molar-refractivity contribution is 6.22. The zero-order chi connectivity index (χ0) is 29.3. The van der Waals surface area contributed by atoms with Gasteiger partial charge in [0.15, 0.2) is 0 Å². The van der Waals surface area contributed by atoms with Crippen LogP contribution in [0.5, 0.6) is 5.75 Å². The van der Waals surface area contributed by atoms with Gasteiger partial charge in [0, 0.05) is 23.7 Å².